The van der Waals surface area contributed by atoms with Crippen LogP contribution >= 0.6 is 0 Å². The molecule has 0 radical (unpaired) electrons. The summed E-state index contributed by atoms with van der Waals surface area (Å²) in [5.41, 5.74) is 3.09. The highest BCUT2D eigenvalue weighted by Gasteiger charge is 2.30. The van der Waals surface area contributed by atoms with Crippen LogP contribution < -0.4 is 20.3 Å². The van der Waals surface area contributed by atoms with Crippen LogP contribution in [0.1, 0.15) is 5.56 Å². The summed E-state index contributed by atoms with van der Waals surface area (Å²) in [5.74, 6) is 0.320. The minimum atomic E-state index is -0.645. The molecule has 0 bridgehead atoms. The maximum atomic E-state index is 12.6. The molecule has 1 unspecified atom stereocenters. The van der Waals surface area contributed by atoms with Crippen LogP contribution in [0, 0.1) is 0 Å². The number of aromatic amines is 1. The normalized spacial score (nSPS) is 15.5. The molecule has 0 spiro atoms. The lowest BCUT2D eigenvalue weighted by Crippen LogP contribution is -2.50. The molecule has 3 aromatic rings. The van der Waals surface area contributed by atoms with Gasteiger partial charge in [0.05, 0.1) is 18.8 Å². The zero-order valence-electron chi connectivity index (χ0n) is 16.3. The Balaban J connectivity index is 1.37. The number of anilines is 1. The van der Waals surface area contributed by atoms with Crippen molar-refractivity contribution in [2.45, 2.75) is 12.5 Å². The number of hydrogen-bond acceptors (Lipinski definition) is 4. The standard InChI is InChI=1S/C22H24N4O3/c1-23-22(28)20-13-26(18-8-4-5-9-19(18)29-20)14-21(27)24-11-10-15-12-25-17-7-3-2-6-16(15)17/h2-9,12,20,25H,10-11,13-14H2,1H3,(H,23,28)(H,24,27). The highest BCUT2D eigenvalue weighted by atomic mass is 16.5. The number of fused-ring (bicyclic) bond motifs is 2. The van der Waals surface area contributed by atoms with E-state index in [1.54, 1.807) is 7.05 Å². The molecule has 0 fully saturated rings. The van der Waals surface area contributed by atoms with Gasteiger partial charge < -0.3 is 25.3 Å². The number of hydrogen-bond donors (Lipinski definition) is 3. The summed E-state index contributed by atoms with van der Waals surface area (Å²) in [5, 5.41) is 6.77. The molecule has 3 N–H and O–H groups in total. The van der Waals surface area contributed by atoms with E-state index in [-0.39, 0.29) is 18.4 Å². The molecule has 7 nitrogen and oxygen atoms in total. The quantitative estimate of drug-likeness (QED) is 0.598. The Morgan fingerprint density at radius 2 is 1.97 bits per heavy atom. The van der Waals surface area contributed by atoms with Crippen molar-refractivity contribution >= 4 is 28.4 Å². The molecule has 0 aliphatic carbocycles. The fraction of sp³-hybridized carbons (Fsp3) is 0.273. The predicted octanol–water partition coefficient (Wildman–Crippen LogP) is 1.84. The first-order valence-corrected chi connectivity index (χ1v) is 9.69. The number of nitrogens with one attached hydrogen (secondary N) is 3. The van der Waals surface area contributed by atoms with E-state index in [0.717, 1.165) is 17.6 Å². The van der Waals surface area contributed by atoms with Crippen molar-refractivity contribution in [3.05, 3.63) is 60.3 Å². The summed E-state index contributed by atoms with van der Waals surface area (Å²) < 4.78 is 5.78. The SMILES string of the molecule is CNC(=O)C1CN(CC(=O)NCCc2c[nH]c3ccccc23)c2ccccc2O1. The Morgan fingerprint density at radius 3 is 2.83 bits per heavy atom. The molecule has 1 aliphatic rings. The maximum Gasteiger partial charge on any atom is 0.262 e. The van der Waals surface area contributed by atoms with Crippen LogP contribution in [0.4, 0.5) is 5.69 Å². The second kappa shape index (κ2) is 8.26. The third-order valence-corrected chi connectivity index (χ3v) is 5.13. The molecular weight excluding hydrogens is 368 g/mol. The maximum absolute atomic E-state index is 12.6. The molecule has 150 valence electrons. The third kappa shape index (κ3) is 4.03. The van der Waals surface area contributed by atoms with Gasteiger partial charge in [-0.2, -0.15) is 0 Å². The number of carbonyl (C=O) groups is 2. The van der Waals surface area contributed by atoms with Crippen LogP contribution in [0.5, 0.6) is 5.75 Å². The Bertz CT molecular complexity index is 1030. The van der Waals surface area contributed by atoms with Crippen LogP contribution in [0.15, 0.2) is 54.7 Å². The first-order chi connectivity index (χ1) is 14.2. The molecule has 2 amide bonds. The average Bonchev–Trinajstić information content (AvgIpc) is 3.16. The van der Waals surface area contributed by atoms with Crippen molar-refractivity contribution in [1.82, 2.24) is 15.6 Å². The first kappa shape index (κ1) is 18.9. The third-order valence-electron chi connectivity index (χ3n) is 5.13. The fourth-order valence-corrected chi connectivity index (χ4v) is 3.66. The number of carbonyl (C=O) groups excluding carboxylic acids is 2. The Hall–Kier alpha value is -3.48. The number of nitrogens with zero attached hydrogens (tertiary/aromatic N) is 1. The fourth-order valence-electron chi connectivity index (χ4n) is 3.66. The van der Waals surface area contributed by atoms with Gasteiger partial charge in [-0.25, -0.2) is 0 Å². The molecule has 0 saturated heterocycles. The number of H-pyrrole nitrogens is 1. The van der Waals surface area contributed by atoms with Gasteiger partial charge in [0.1, 0.15) is 5.75 Å². The summed E-state index contributed by atoms with van der Waals surface area (Å²) in [6, 6.07) is 15.6. The van der Waals surface area contributed by atoms with Gasteiger partial charge in [-0.15, -0.1) is 0 Å². The van der Waals surface area contributed by atoms with Crippen LogP contribution in [0.25, 0.3) is 10.9 Å². The number of ether oxygens (including phenoxy) is 1. The molecule has 1 aliphatic heterocycles. The van der Waals surface area contributed by atoms with E-state index in [0.29, 0.717) is 18.8 Å². The lowest BCUT2D eigenvalue weighted by Gasteiger charge is -2.35. The monoisotopic (exact) mass is 392 g/mol. The number of aromatic nitrogens is 1. The van der Waals surface area contributed by atoms with Crippen molar-refractivity contribution in [3.63, 3.8) is 0 Å². The zero-order chi connectivity index (χ0) is 20.2. The van der Waals surface area contributed by atoms with Gasteiger partial charge in [0, 0.05) is 30.7 Å². The molecule has 29 heavy (non-hydrogen) atoms. The molecule has 7 heteroatoms. The van der Waals surface area contributed by atoms with Crippen molar-refractivity contribution < 1.29 is 14.3 Å². The highest BCUT2D eigenvalue weighted by Crippen LogP contribution is 2.32. The van der Waals surface area contributed by atoms with Crippen LogP contribution in [-0.4, -0.2) is 49.6 Å². The van der Waals surface area contributed by atoms with Crippen LogP contribution in [-0.2, 0) is 16.0 Å². The van der Waals surface area contributed by atoms with Gasteiger partial charge in [0.2, 0.25) is 5.91 Å². The predicted molar refractivity (Wildman–Crippen MR) is 112 cm³/mol. The minimum Gasteiger partial charge on any atom is -0.477 e. The lowest BCUT2D eigenvalue weighted by molar-refractivity contribution is -0.127. The van der Waals surface area contributed by atoms with E-state index in [9.17, 15) is 9.59 Å². The number of para-hydroxylation sites is 3. The lowest BCUT2D eigenvalue weighted by atomic mass is 10.1. The van der Waals surface area contributed by atoms with Gasteiger partial charge in [0.15, 0.2) is 6.10 Å². The van der Waals surface area contributed by atoms with E-state index in [4.69, 9.17) is 4.74 Å². The second-order valence-corrected chi connectivity index (χ2v) is 7.03. The molecule has 2 heterocycles. The van der Waals surface area contributed by atoms with Gasteiger partial charge >= 0.3 is 0 Å². The Kier molecular flexibility index (Phi) is 5.37. The van der Waals surface area contributed by atoms with E-state index in [1.165, 1.54) is 10.9 Å². The topological polar surface area (TPSA) is 86.5 Å². The zero-order valence-corrected chi connectivity index (χ0v) is 16.3. The van der Waals surface area contributed by atoms with E-state index in [1.807, 2.05) is 53.6 Å². The van der Waals surface area contributed by atoms with Gasteiger partial charge in [0.25, 0.3) is 5.91 Å². The van der Waals surface area contributed by atoms with Gasteiger partial charge in [-0.05, 0) is 30.2 Å². The largest absolute Gasteiger partial charge is 0.477 e. The van der Waals surface area contributed by atoms with Crippen molar-refractivity contribution in [1.29, 1.82) is 0 Å². The van der Waals surface area contributed by atoms with Crippen LogP contribution in [0.3, 0.4) is 0 Å². The molecule has 4 rings (SSSR count). The van der Waals surface area contributed by atoms with Crippen molar-refractivity contribution in [3.8, 4) is 5.75 Å². The van der Waals surface area contributed by atoms with E-state index < -0.39 is 6.10 Å². The van der Waals surface area contributed by atoms with Crippen molar-refractivity contribution in [2.24, 2.45) is 0 Å². The number of amides is 2. The molecule has 1 aromatic heterocycles. The Labute approximate surface area is 169 Å². The number of likely N-dealkylation sites (N-methyl/N-ethyl adjacent to an activating group) is 1. The van der Waals surface area contributed by atoms with Gasteiger partial charge in [-0.1, -0.05) is 30.3 Å². The van der Waals surface area contributed by atoms with Crippen molar-refractivity contribution in [2.75, 3.05) is 31.6 Å². The second-order valence-electron chi connectivity index (χ2n) is 7.03. The van der Waals surface area contributed by atoms with E-state index in [2.05, 4.69) is 21.7 Å². The summed E-state index contributed by atoms with van der Waals surface area (Å²) >= 11 is 0. The number of benzene rings is 2. The summed E-state index contributed by atoms with van der Waals surface area (Å²) in [6.45, 7) is 1.04. The van der Waals surface area contributed by atoms with Crippen LogP contribution in [0.2, 0.25) is 0 Å². The average molecular weight is 392 g/mol. The molecule has 0 saturated carbocycles. The molecule has 1 atom stereocenters. The summed E-state index contributed by atoms with van der Waals surface area (Å²) in [4.78, 5) is 29.7. The smallest absolute Gasteiger partial charge is 0.262 e. The Morgan fingerprint density at radius 1 is 1.17 bits per heavy atom. The number of rotatable bonds is 6. The molecule has 2 aromatic carbocycles. The van der Waals surface area contributed by atoms with Gasteiger partial charge in [-0.3, -0.25) is 9.59 Å². The first-order valence-electron chi connectivity index (χ1n) is 9.69. The van der Waals surface area contributed by atoms with E-state index >= 15 is 0 Å². The summed E-state index contributed by atoms with van der Waals surface area (Å²) in [7, 11) is 1.58. The minimum absolute atomic E-state index is 0.0859. The highest BCUT2D eigenvalue weighted by molar-refractivity contribution is 5.86. The summed E-state index contributed by atoms with van der Waals surface area (Å²) in [6.07, 6.45) is 2.09. The molecular formula is C22H24N4O3.